The van der Waals surface area contributed by atoms with Crippen LogP contribution in [-0.2, 0) is 6.42 Å². The number of hydrogen-bond donors (Lipinski definition) is 1. The predicted molar refractivity (Wildman–Crippen MR) is 53.8 cm³/mol. The minimum atomic E-state index is 0.269. The molecule has 0 unspecified atom stereocenters. The maximum Gasteiger partial charge on any atom is 0.169 e. The zero-order valence-corrected chi connectivity index (χ0v) is 8.85. The molecule has 0 atom stereocenters. The number of aryl methyl sites for hydroxylation is 1. The molecule has 0 saturated heterocycles. The zero-order chi connectivity index (χ0) is 9.90. The van der Waals surface area contributed by atoms with E-state index in [1.165, 1.54) is 0 Å². The monoisotopic (exact) mass is 182 g/mol. The Hall–Kier alpha value is -0.990. The normalized spacial score (nSPS) is 11.7. The van der Waals surface area contributed by atoms with Gasteiger partial charge in [0.05, 0.1) is 0 Å². The largest absolute Gasteiger partial charge is 0.367 e. The predicted octanol–water partition coefficient (Wildman–Crippen LogP) is 2.70. The molecular formula is C10H18N2O. The summed E-state index contributed by atoms with van der Waals surface area (Å²) in [5.41, 5.74) is 0.269. The Labute approximate surface area is 79.5 Å². The van der Waals surface area contributed by atoms with Crippen molar-refractivity contribution in [3.63, 3.8) is 0 Å². The molecule has 0 aliphatic carbocycles. The van der Waals surface area contributed by atoms with Crippen LogP contribution in [0.25, 0.3) is 0 Å². The first-order valence-corrected chi connectivity index (χ1v) is 4.71. The van der Waals surface area contributed by atoms with Gasteiger partial charge < -0.3 is 9.84 Å². The molecule has 1 N–H and O–H groups in total. The van der Waals surface area contributed by atoms with Crippen molar-refractivity contribution in [2.75, 3.05) is 11.9 Å². The molecule has 0 radical (unpaired) electrons. The van der Waals surface area contributed by atoms with Crippen LogP contribution < -0.4 is 5.32 Å². The van der Waals surface area contributed by atoms with Gasteiger partial charge in [-0.1, -0.05) is 32.9 Å². The van der Waals surface area contributed by atoms with Crippen molar-refractivity contribution in [1.29, 1.82) is 0 Å². The highest BCUT2D eigenvalue weighted by Gasteiger charge is 2.10. The summed E-state index contributed by atoms with van der Waals surface area (Å²) >= 11 is 0. The average Bonchev–Trinajstić information content (AvgIpc) is 2.47. The van der Waals surface area contributed by atoms with Gasteiger partial charge in [0.15, 0.2) is 5.82 Å². The summed E-state index contributed by atoms with van der Waals surface area (Å²) in [4.78, 5) is 0. The maximum absolute atomic E-state index is 5.07. The standard InChI is InChI=1S/C10H18N2O/c1-5-8-6-9(12-13-8)11-7-10(2,3)4/h6H,5,7H2,1-4H3,(H,11,12). The third kappa shape index (κ3) is 3.49. The van der Waals surface area contributed by atoms with Crippen LogP contribution in [0, 0.1) is 5.41 Å². The third-order valence-electron chi connectivity index (χ3n) is 1.71. The molecule has 3 nitrogen and oxygen atoms in total. The summed E-state index contributed by atoms with van der Waals surface area (Å²) in [7, 11) is 0. The highest BCUT2D eigenvalue weighted by Crippen LogP contribution is 2.15. The van der Waals surface area contributed by atoms with Gasteiger partial charge in [0.25, 0.3) is 0 Å². The topological polar surface area (TPSA) is 38.1 Å². The lowest BCUT2D eigenvalue weighted by molar-refractivity contribution is 0.386. The first-order chi connectivity index (χ1) is 6.01. The van der Waals surface area contributed by atoms with Crippen LogP contribution in [0.15, 0.2) is 10.6 Å². The molecule has 3 heteroatoms. The minimum Gasteiger partial charge on any atom is -0.367 e. The van der Waals surface area contributed by atoms with E-state index in [0.717, 1.165) is 24.5 Å². The van der Waals surface area contributed by atoms with Crippen molar-refractivity contribution in [1.82, 2.24) is 5.16 Å². The van der Waals surface area contributed by atoms with Crippen LogP contribution in [0.2, 0.25) is 0 Å². The summed E-state index contributed by atoms with van der Waals surface area (Å²) in [5, 5.41) is 7.14. The summed E-state index contributed by atoms with van der Waals surface area (Å²) in [6, 6.07) is 1.95. The van der Waals surface area contributed by atoms with Crippen LogP contribution in [0.5, 0.6) is 0 Å². The number of nitrogens with zero attached hydrogens (tertiary/aromatic N) is 1. The molecule has 0 fully saturated rings. The first-order valence-electron chi connectivity index (χ1n) is 4.71. The van der Waals surface area contributed by atoms with E-state index in [1.807, 2.05) is 13.0 Å². The summed E-state index contributed by atoms with van der Waals surface area (Å²) in [6.07, 6.45) is 0.893. The molecule has 74 valence electrons. The minimum absolute atomic E-state index is 0.269. The van der Waals surface area contributed by atoms with Crippen molar-refractivity contribution in [3.8, 4) is 0 Å². The van der Waals surface area contributed by atoms with E-state index in [-0.39, 0.29) is 5.41 Å². The SMILES string of the molecule is CCc1cc(NCC(C)(C)C)no1. The van der Waals surface area contributed by atoms with E-state index in [0.29, 0.717) is 0 Å². The van der Waals surface area contributed by atoms with E-state index in [1.54, 1.807) is 0 Å². The lowest BCUT2D eigenvalue weighted by atomic mass is 9.97. The molecule has 0 spiro atoms. The molecular weight excluding hydrogens is 164 g/mol. The number of rotatable bonds is 3. The van der Waals surface area contributed by atoms with Gasteiger partial charge >= 0.3 is 0 Å². The fourth-order valence-corrected chi connectivity index (χ4v) is 0.919. The fourth-order valence-electron chi connectivity index (χ4n) is 0.919. The molecule has 0 aromatic carbocycles. The number of hydrogen-bond acceptors (Lipinski definition) is 3. The quantitative estimate of drug-likeness (QED) is 0.781. The number of aromatic nitrogens is 1. The van der Waals surface area contributed by atoms with Crippen LogP contribution in [0.3, 0.4) is 0 Å². The Morgan fingerprint density at radius 2 is 2.15 bits per heavy atom. The van der Waals surface area contributed by atoms with Gasteiger partial charge in [-0.05, 0) is 5.41 Å². The molecule has 1 aromatic heterocycles. The lowest BCUT2D eigenvalue weighted by Crippen LogP contribution is -2.19. The van der Waals surface area contributed by atoms with Gasteiger partial charge in [0, 0.05) is 19.0 Å². The highest BCUT2D eigenvalue weighted by molar-refractivity contribution is 5.33. The second-order valence-corrected chi connectivity index (χ2v) is 4.45. The molecule has 0 bridgehead atoms. The zero-order valence-electron chi connectivity index (χ0n) is 8.85. The Balaban J connectivity index is 2.46. The van der Waals surface area contributed by atoms with E-state index in [9.17, 15) is 0 Å². The Kier molecular flexibility index (Phi) is 2.96. The highest BCUT2D eigenvalue weighted by atomic mass is 16.5. The fraction of sp³-hybridized carbons (Fsp3) is 0.700. The van der Waals surface area contributed by atoms with Crippen LogP contribution >= 0.6 is 0 Å². The van der Waals surface area contributed by atoms with E-state index < -0.39 is 0 Å². The van der Waals surface area contributed by atoms with Crippen molar-refractivity contribution in [2.45, 2.75) is 34.1 Å². The van der Waals surface area contributed by atoms with Crippen LogP contribution in [0.1, 0.15) is 33.5 Å². The number of anilines is 1. The first kappa shape index (κ1) is 10.1. The maximum atomic E-state index is 5.07. The lowest BCUT2D eigenvalue weighted by Gasteiger charge is -2.17. The van der Waals surface area contributed by atoms with Crippen molar-refractivity contribution in [3.05, 3.63) is 11.8 Å². The van der Waals surface area contributed by atoms with Crippen molar-refractivity contribution in [2.24, 2.45) is 5.41 Å². The van der Waals surface area contributed by atoms with Crippen molar-refractivity contribution < 1.29 is 4.52 Å². The molecule has 1 rings (SSSR count). The van der Waals surface area contributed by atoms with Gasteiger partial charge in [-0.25, -0.2) is 0 Å². The van der Waals surface area contributed by atoms with Gasteiger partial charge in [0.2, 0.25) is 0 Å². The third-order valence-corrected chi connectivity index (χ3v) is 1.71. The Morgan fingerprint density at radius 3 is 2.62 bits per heavy atom. The molecule has 1 aromatic rings. The van der Waals surface area contributed by atoms with Gasteiger partial charge in [-0.15, -0.1) is 0 Å². The van der Waals surface area contributed by atoms with E-state index >= 15 is 0 Å². The smallest absolute Gasteiger partial charge is 0.169 e. The van der Waals surface area contributed by atoms with Crippen molar-refractivity contribution >= 4 is 5.82 Å². The average molecular weight is 182 g/mol. The molecule has 0 amide bonds. The molecule has 0 aliphatic heterocycles. The van der Waals surface area contributed by atoms with E-state index in [4.69, 9.17) is 4.52 Å². The Bertz CT molecular complexity index is 260. The molecule has 13 heavy (non-hydrogen) atoms. The summed E-state index contributed by atoms with van der Waals surface area (Å²) in [5.74, 6) is 1.77. The van der Waals surface area contributed by atoms with Crippen LogP contribution in [0.4, 0.5) is 5.82 Å². The number of nitrogens with one attached hydrogen (secondary N) is 1. The van der Waals surface area contributed by atoms with Gasteiger partial charge in [-0.3, -0.25) is 0 Å². The van der Waals surface area contributed by atoms with Gasteiger partial charge in [0.1, 0.15) is 5.76 Å². The molecule has 0 aliphatic rings. The molecule has 1 heterocycles. The van der Waals surface area contributed by atoms with Crippen LogP contribution in [-0.4, -0.2) is 11.7 Å². The summed E-state index contributed by atoms with van der Waals surface area (Å²) in [6.45, 7) is 9.50. The summed E-state index contributed by atoms with van der Waals surface area (Å²) < 4.78 is 5.07. The van der Waals surface area contributed by atoms with E-state index in [2.05, 4.69) is 31.2 Å². The molecule has 0 saturated carbocycles. The Morgan fingerprint density at radius 1 is 1.46 bits per heavy atom. The second kappa shape index (κ2) is 3.81. The van der Waals surface area contributed by atoms with Gasteiger partial charge in [-0.2, -0.15) is 0 Å². The second-order valence-electron chi connectivity index (χ2n) is 4.45.